The Labute approximate surface area is 48.9 Å². The van der Waals surface area contributed by atoms with E-state index in [0.717, 1.165) is 0 Å². The summed E-state index contributed by atoms with van der Waals surface area (Å²) in [5, 5.41) is 0. The Morgan fingerprint density at radius 3 is 1.86 bits per heavy atom. The minimum Gasteiger partial charge on any atom is -0.354 e. The summed E-state index contributed by atoms with van der Waals surface area (Å²) < 4.78 is 0. The van der Waals surface area contributed by atoms with Crippen molar-refractivity contribution in [2.24, 2.45) is 5.50 Å². The summed E-state index contributed by atoms with van der Waals surface area (Å²) in [5.41, 5.74) is 5.22. The van der Waals surface area contributed by atoms with Gasteiger partial charge in [0.25, 0.3) is 0 Å². The molecule has 0 radical (unpaired) electrons. The quantitative estimate of drug-likeness (QED) is 0.524. The first kappa shape index (κ1) is 7.57. The Hall–Kier alpha value is 0.570. The Morgan fingerprint density at radius 2 is 1.86 bits per heavy atom. The second-order valence-corrected chi connectivity index (χ2v) is 5.90. The number of hydrogen-bond donors (Lipinski definition) is 2. The van der Waals surface area contributed by atoms with Crippen LogP contribution >= 0.6 is 6.42 Å². The molecule has 2 nitrogen and oxygen atoms in total. The van der Waals surface area contributed by atoms with Crippen LogP contribution in [0.25, 0.3) is 0 Å². The number of hydrogen-bond acceptors (Lipinski definition) is 1. The van der Waals surface area contributed by atoms with Crippen molar-refractivity contribution in [3.05, 3.63) is 0 Å². The van der Waals surface area contributed by atoms with E-state index in [9.17, 15) is 0 Å². The van der Waals surface area contributed by atoms with E-state index in [2.05, 4.69) is 11.8 Å². The van der Waals surface area contributed by atoms with Crippen molar-refractivity contribution in [1.29, 1.82) is 0 Å². The van der Waals surface area contributed by atoms with Crippen LogP contribution in [0.15, 0.2) is 0 Å². The molecule has 7 heavy (non-hydrogen) atoms. The molecule has 0 saturated heterocycles. The van der Waals surface area contributed by atoms with Crippen molar-refractivity contribution in [1.82, 2.24) is 0 Å². The molecule has 0 amide bonds. The maximum atomic E-state index is 8.80. The van der Waals surface area contributed by atoms with E-state index in [1.54, 1.807) is 0 Å². The average molecular weight is 139 g/mol. The molecule has 1 atom stereocenters. The summed E-state index contributed by atoms with van der Waals surface area (Å²) in [6.07, 6.45) is -2.40. The molecule has 4 heteroatoms. The molecule has 0 bridgehead atoms. The number of nitrogens with two attached hydrogens (primary N) is 1. The molecule has 0 rings (SSSR count). The van der Waals surface area contributed by atoms with E-state index >= 15 is 0 Å². The zero-order valence-electron chi connectivity index (χ0n) is 4.46. The highest BCUT2D eigenvalue weighted by Gasteiger charge is 2.08. The van der Waals surface area contributed by atoms with Crippen molar-refractivity contribution >= 4 is 18.2 Å². The molecule has 44 valence electrons. The van der Waals surface area contributed by atoms with E-state index in [1.807, 2.05) is 13.8 Å². The van der Waals surface area contributed by atoms with Gasteiger partial charge in [-0.3, -0.25) is 5.50 Å². The molecule has 1 unspecified atom stereocenters. The Morgan fingerprint density at radius 1 is 1.71 bits per heavy atom. The van der Waals surface area contributed by atoms with Gasteiger partial charge in [0.2, 0.25) is 0 Å². The lowest BCUT2D eigenvalue weighted by atomic mass is 10.6. The van der Waals surface area contributed by atoms with Crippen molar-refractivity contribution in [2.75, 3.05) is 0 Å². The van der Waals surface area contributed by atoms with Gasteiger partial charge in [-0.2, -0.15) is 0 Å². The van der Waals surface area contributed by atoms with Crippen molar-refractivity contribution in [3.63, 3.8) is 0 Å². The zero-order chi connectivity index (χ0) is 6.08. The molecular weight excluding hydrogens is 129 g/mol. The third kappa shape index (κ3) is 3.18. The van der Waals surface area contributed by atoms with E-state index in [1.165, 1.54) is 0 Å². The van der Waals surface area contributed by atoms with Crippen molar-refractivity contribution in [2.45, 2.75) is 19.5 Å². The maximum absolute atomic E-state index is 8.80. The van der Waals surface area contributed by atoms with Crippen LogP contribution in [0.2, 0.25) is 0 Å². The fraction of sp³-hybridized carbons (Fsp3) is 1.00. The largest absolute Gasteiger partial charge is 0.354 e. The first-order chi connectivity index (χ1) is 2.94. The standard InChI is InChI=1S/C3H10NOPS/c1-3(2)6(4,5)7/h3H,1-2H3,(H3,4,5,7). The van der Waals surface area contributed by atoms with Crippen LogP contribution in [0.4, 0.5) is 0 Å². The van der Waals surface area contributed by atoms with E-state index in [0.29, 0.717) is 0 Å². The molecule has 0 aromatic rings. The maximum Gasteiger partial charge on any atom is 0.126 e. The molecular formula is C3H10NOPS. The van der Waals surface area contributed by atoms with Gasteiger partial charge in [0.1, 0.15) is 6.42 Å². The molecule has 0 aliphatic heterocycles. The summed E-state index contributed by atoms with van der Waals surface area (Å²) in [4.78, 5) is 8.80. The monoisotopic (exact) mass is 139 g/mol. The highest BCUT2D eigenvalue weighted by molar-refractivity contribution is 8.10. The van der Waals surface area contributed by atoms with Crippen LogP contribution in [-0.2, 0) is 11.8 Å². The van der Waals surface area contributed by atoms with E-state index in [-0.39, 0.29) is 5.66 Å². The van der Waals surface area contributed by atoms with Gasteiger partial charge in [0.05, 0.1) is 0 Å². The summed E-state index contributed by atoms with van der Waals surface area (Å²) in [6, 6.07) is 0. The van der Waals surface area contributed by atoms with Crippen molar-refractivity contribution < 1.29 is 4.89 Å². The SMILES string of the molecule is CC(C)P(N)(O)=S. The predicted molar refractivity (Wildman–Crippen MR) is 35.8 cm³/mol. The molecule has 0 aliphatic rings. The first-order valence-corrected chi connectivity index (χ1v) is 4.95. The van der Waals surface area contributed by atoms with Gasteiger partial charge in [-0.15, -0.1) is 0 Å². The molecule has 0 saturated carbocycles. The normalized spacial score (nSPS) is 19.6. The van der Waals surface area contributed by atoms with Gasteiger partial charge in [0, 0.05) is 5.66 Å². The summed E-state index contributed by atoms with van der Waals surface area (Å²) in [6.45, 7) is 3.64. The Bertz CT molecular complexity index is 97.1. The smallest absolute Gasteiger partial charge is 0.126 e. The van der Waals surface area contributed by atoms with Crippen molar-refractivity contribution in [3.8, 4) is 0 Å². The molecule has 0 heterocycles. The lowest BCUT2D eigenvalue weighted by Crippen LogP contribution is -2.03. The Kier molecular flexibility index (Phi) is 2.41. The van der Waals surface area contributed by atoms with Crippen LogP contribution in [0.3, 0.4) is 0 Å². The fourth-order valence-corrected chi connectivity index (χ4v) is 0. The molecule has 0 aromatic heterocycles. The van der Waals surface area contributed by atoms with Gasteiger partial charge in [-0.25, -0.2) is 0 Å². The topological polar surface area (TPSA) is 46.2 Å². The zero-order valence-corrected chi connectivity index (χ0v) is 6.17. The fourth-order valence-electron chi connectivity index (χ4n) is 0. The second kappa shape index (κ2) is 2.23. The lowest BCUT2D eigenvalue weighted by Gasteiger charge is -2.10. The van der Waals surface area contributed by atoms with Gasteiger partial charge >= 0.3 is 0 Å². The molecule has 0 spiro atoms. The molecule has 0 fully saturated rings. The highest BCUT2D eigenvalue weighted by atomic mass is 32.4. The molecule has 3 N–H and O–H groups in total. The van der Waals surface area contributed by atoms with Gasteiger partial charge in [0.15, 0.2) is 0 Å². The van der Waals surface area contributed by atoms with Crippen LogP contribution in [-0.4, -0.2) is 10.6 Å². The van der Waals surface area contributed by atoms with Gasteiger partial charge < -0.3 is 4.89 Å². The van der Waals surface area contributed by atoms with E-state index in [4.69, 9.17) is 10.4 Å². The second-order valence-electron chi connectivity index (χ2n) is 1.77. The Balaban J connectivity index is 3.80. The summed E-state index contributed by atoms with van der Waals surface area (Å²) in [5.74, 6) is 0. The minimum absolute atomic E-state index is 0.0579. The van der Waals surface area contributed by atoms with E-state index < -0.39 is 6.42 Å². The van der Waals surface area contributed by atoms with Crippen LogP contribution in [0.5, 0.6) is 0 Å². The number of rotatable bonds is 1. The van der Waals surface area contributed by atoms with Gasteiger partial charge in [-0.05, 0) is 0 Å². The first-order valence-electron chi connectivity index (χ1n) is 2.05. The summed E-state index contributed by atoms with van der Waals surface area (Å²) in [7, 11) is 0. The van der Waals surface area contributed by atoms with Crippen LogP contribution < -0.4 is 5.50 Å². The predicted octanol–water partition coefficient (Wildman–Crippen LogP) is 0.655. The third-order valence-corrected chi connectivity index (χ3v) is 3.48. The van der Waals surface area contributed by atoms with Crippen LogP contribution in [0, 0.1) is 0 Å². The van der Waals surface area contributed by atoms with Crippen LogP contribution in [0.1, 0.15) is 13.8 Å². The highest BCUT2D eigenvalue weighted by Crippen LogP contribution is 2.36. The average Bonchev–Trinajstić information content (AvgIpc) is 1.31. The third-order valence-electron chi connectivity index (χ3n) is 0.740. The summed E-state index contributed by atoms with van der Waals surface area (Å²) >= 11 is 4.55. The minimum atomic E-state index is -2.40. The molecule has 0 aromatic carbocycles. The molecule has 0 aliphatic carbocycles. The lowest BCUT2D eigenvalue weighted by molar-refractivity contribution is 0.611. The van der Waals surface area contributed by atoms with Gasteiger partial charge in [-0.1, -0.05) is 25.7 Å².